The molecule has 1 aromatic heterocycles. The molecule has 6 heteroatoms. The van der Waals surface area contributed by atoms with Crippen LogP contribution in [0.2, 0.25) is 0 Å². The number of hydrogen-bond donors (Lipinski definition) is 2. The van der Waals surface area contributed by atoms with Gasteiger partial charge in [-0.05, 0) is 42.0 Å². The molecule has 0 unspecified atom stereocenters. The summed E-state index contributed by atoms with van der Waals surface area (Å²) in [4.78, 5) is 27.4. The molecule has 0 spiro atoms. The highest BCUT2D eigenvalue weighted by Crippen LogP contribution is 2.15. The number of rotatable bonds is 6. The zero-order valence-electron chi connectivity index (χ0n) is 12.5. The number of carbonyl (C=O) groups is 2. The fraction of sp³-hybridized carbons (Fsp3) is 0.118. The number of anilines is 1. The van der Waals surface area contributed by atoms with Crippen molar-refractivity contribution in [3.8, 4) is 5.75 Å². The van der Waals surface area contributed by atoms with Crippen molar-refractivity contribution in [1.82, 2.24) is 10.3 Å². The number of aromatic nitrogens is 1. The highest BCUT2D eigenvalue weighted by atomic mass is 16.5. The Morgan fingerprint density at radius 2 is 1.78 bits per heavy atom. The number of ether oxygens (including phenoxy) is 1. The molecule has 2 amide bonds. The summed E-state index contributed by atoms with van der Waals surface area (Å²) in [5.74, 6) is -0.766. The summed E-state index contributed by atoms with van der Waals surface area (Å²) in [6.45, 7) is 4.23. The first-order valence-corrected chi connectivity index (χ1v) is 7.01. The molecule has 2 aromatic rings. The van der Waals surface area contributed by atoms with Crippen molar-refractivity contribution < 1.29 is 14.3 Å². The summed E-state index contributed by atoms with van der Waals surface area (Å²) in [7, 11) is 0. The molecule has 0 saturated heterocycles. The van der Waals surface area contributed by atoms with Gasteiger partial charge < -0.3 is 15.4 Å². The molecule has 118 valence electrons. The summed E-state index contributed by atoms with van der Waals surface area (Å²) in [5, 5.41) is 5.07. The molecule has 0 saturated carbocycles. The van der Waals surface area contributed by atoms with Gasteiger partial charge in [0.25, 0.3) is 0 Å². The fourth-order valence-electron chi connectivity index (χ4n) is 1.74. The molecule has 6 nitrogen and oxygen atoms in total. The van der Waals surface area contributed by atoms with Gasteiger partial charge >= 0.3 is 11.8 Å². The van der Waals surface area contributed by atoms with Crippen molar-refractivity contribution in [2.75, 3.05) is 11.9 Å². The van der Waals surface area contributed by atoms with Gasteiger partial charge in [-0.25, -0.2) is 0 Å². The number of pyridine rings is 1. The van der Waals surface area contributed by atoms with E-state index in [1.807, 2.05) is 0 Å². The minimum Gasteiger partial charge on any atom is -0.490 e. The largest absolute Gasteiger partial charge is 0.490 e. The second-order valence-corrected chi connectivity index (χ2v) is 4.62. The van der Waals surface area contributed by atoms with Gasteiger partial charge in [-0.1, -0.05) is 12.7 Å². The molecule has 0 aliphatic carbocycles. The standard InChI is InChI=1S/C17H17N3O3/c1-2-11-23-15-5-3-14(4-6-15)20-17(22)16(21)19-12-13-7-9-18-10-8-13/h2-10H,1,11-12H2,(H,19,21)(H,20,22). The second kappa shape index (κ2) is 8.33. The van der Waals surface area contributed by atoms with Gasteiger partial charge in [-0.2, -0.15) is 0 Å². The average Bonchev–Trinajstić information content (AvgIpc) is 2.60. The van der Waals surface area contributed by atoms with E-state index in [0.29, 0.717) is 18.0 Å². The minimum absolute atomic E-state index is 0.267. The molecular formula is C17H17N3O3. The van der Waals surface area contributed by atoms with Crippen LogP contribution in [0.15, 0.2) is 61.4 Å². The Labute approximate surface area is 134 Å². The van der Waals surface area contributed by atoms with Crippen LogP contribution in [0.3, 0.4) is 0 Å². The number of hydrogen-bond acceptors (Lipinski definition) is 4. The molecule has 2 rings (SSSR count). The summed E-state index contributed by atoms with van der Waals surface area (Å²) in [5.41, 5.74) is 1.38. The number of amides is 2. The lowest BCUT2D eigenvalue weighted by molar-refractivity contribution is -0.136. The van der Waals surface area contributed by atoms with Crippen molar-refractivity contribution in [2.24, 2.45) is 0 Å². The van der Waals surface area contributed by atoms with Crippen LogP contribution in [-0.2, 0) is 16.1 Å². The SMILES string of the molecule is C=CCOc1ccc(NC(=O)C(=O)NCc2ccncc2)cc1. The number of nitrogens with one attached hydrogen (secondary N) is 2. The molecule has 0 bridgehead atoms. The van der Waals surface area contributed by atoms with E-state index in [1.165, 1.54) is 0 Å². The van der Waals surface area contributed by atoms with Crippen LogP contribution in [0.25, 0.3) is 0 Å². The van der Waals surface area contributed by atoms with Gasteiger partial charge in [-0.15, -0.1) is 0 Å². The lowest BCUT2D eigenvalue weighted by Gasteiger charge is -2.08. The lowest BCUT2D eigenvalue weighted by Crippen LogP contribution is -2.34. The van der Waals surface area contributed by atoms with Gasteiger partial charge in [0.15, 0.2) is 0 Å². The molecule has 2 N–H and O–H groups in total. The molecular weight excluding hydrogens is 294 g/mol. The lowest BCUT2D eigenvalue weighted by atomic mass is 10.2. The molecule has 0 aliphatic rings. The Kier molecular flexibility index (Phi) is 5.88. The monoisotopic (exact) mass is 311 g/mol. The van der Waals surface area contributed by atoms with E-state index < -0.39 is 11.8 Å². The van der Waals surface area contributed by atoms with Crippen molar-refractivity contribution in [1.29, 1.82) is 0 Å². The van der Waals surface area contributed by atoms with Crippen molar-refractivity contribution in [3.05, 3.63) is 67.0 Å². The summed E-state index contributed by atoms with van der Waals surface area (Å²) < 4.78 is 5.33. The molecule has 23 heavy (non-hydrogen) atoms. The quantitative estimate of drug-likeness (QED) is 0.631. The number of nitrogens with zero attached hydrogens (tertiary/aromatic N) is 1. The minimum atomic E-state index is -0.723. The predicted molar refractivity (Wildman–Crippen MR) is 86.8 cm³/mol. The van der Waals surface area contributed by atoms with E-state index in [-0.39, 0.29) is 6.54 Å². The number of carbonyl (C=O) groups excluding carboxylic acids is 2. The highest BCUT2D eigenvalue weighted by molar-refractivity contribution is 6.39. The topological polar surface area (TPSA) is 80.3 Å². The van der Waals surface area contributed by atoms with Crippen LogP contribution in [0.1, 0.15) is 5.56 Å². The highest BCUT2D eigenvalue weighted by Gasteiger charge is 2.13. The van der Waals surface area contributed by atoms with Crippen molar-refractivity contribution in [3.63, 3.8) is 0 Å². The zero-order chi connectivity index (χ0) is 16.5. The van der Waals surface area contributed by atoms with E-state index >= 15 is 0 Å². The Morgan fingerprint density at radius 1 is 1.09 bits per heavy atom. The van der Waals surface area contributed by atoms with Gasteiger partial charge in [0.2, 0.25) is 0 Å². The van der Waals surface area contributed by atoms with Crippen molar-refractivity contribution >= 4 is 17.5 Å². The van der Waals surface area contributed by atoms with Gasteiger partial charge in [0.05, 0.1) is 0 Å². The molecule has 0 aliphatic heterocycles. The molecule has 0 atom stereocenters. The number of benzene rings is 1. The molecule has 1 aromatic carbocycles. The molecule has 0 fully saturated rings. The van der Waals surface area contributed by atoms with Crippen molar-refractivity contribution in [2.45, 2.75) is 6.54 Å². The van der Waals surface area contributed by atoms with Crippen LogP contribution in [0.4, 0.5) is 5.69 Å². The van der Waals surface area contributed by atoms with Crippen LogP contribution in [0, 0.1) is 0 Å². The van der Waals surface area contributed by atoms with Crippen LogP contribution >= 0.6 is 0 Å². The summed E-state index contributed by atoms with van der Waals surface area (Å²) >= 11 is 0. The van der Waals surface area contributed by atoms with E-state index in [1.54, 1.807) is 54.9 Å². The second-order valence-electron chi connectivity index (χ2n) is 4.62. The van der Waals surface area contributed by atoms with Gasteiger partial charge in [0, 0.05) is 24.6 Å². The third kappa shape index (κ3) is 5.28. The van der Waals surface area contributed by atoms with Crippen LogP contribution < -0.4 is 15.4 Å². The normalized spacial score (nSPS) is 9.74. The first-order valence-electron chi connectivity index (χ1n) is 7.01. The average molecular weight is 311 g/mol. The fourth-order valence-corrected chi connectivity index (χ4v) is 1.74. The third-order valence-electron chi connectivity index (χ3n) is 2.89. The maximum atomic E-state index is 11.8. The van der Waals surface area contributed by atoms with E-state index in [2.05, 4.69) is 22.2 Å². The summed E-state index contributed by atoms with van der Waals surface area (Å²) in [6.07, 6.45) is 4.89. The Morgan fingerprint density at radius 3 is 2.43 bits per heavy atom. The maximum absolute atomic E-state index is 11.8. The van der Waals surface area contributed by atoms with Gasteiger partial charge in [0.1, 0.15) is 12.4 Å². The van der Waals surface area contributed by atoms with E-state index in [0.717, 1.165) is 5.56 Å². The first-order chi connectivity index (χ1) is 11.2. The Hall–Kier alpha value is -3.15. The van der Waals surface area contributed by atoms with E-state index in [4.69, 9.17) is 4.74 Å². The Balaban J connectivity index is 1.83. The van der Waals surface area contributed by atoms with Gasteiger partial charge in [-0.3, -0.25) is 14.6 Å². The Bertz CT molecular complexity index is 669. The van der Waals surface area contributed by atoms with Crippen LogP contribution in [-0.4, -0.2) is 23.4 Å². The maximum Gasteiger partial charge on any atom is 0.313 e. The predicted octanol–water partition coefficient (Wildman–Crippen LogP) is 1.90. The van der Waals surface area contributed by atoms with E-state index in [9.17, 15) is 9.59 Å². The molecule has 0 radical (unpaired) electrons. The molecule has 1 heterocycles. The summed E-state index contributed by atoms with van der Waals surface area (Å²) in [6, 6.07) is 10.3. The first kappa shape index (κ1) is 16.2. The zero-order valence-corrected chi connectivity index (χ0v) is 12.5. The van der Waals surface area contributed by atoms with Crippen LogP contribution in [0.5, 0.6) is 5.75 Å². The third-order valence-corrected chi connectivity index (χ3v) is 2.89. The smallest absolute Gasteiger partial charge is 0.313 e.